The Hall–Kier alpha value is -3.68. The van der Waals surface area contributed by atoms with Gasteiger partial charge in [-0.15, -0.1) is 5.10 Å². The minimum Gasteiger partial charge on any atom is -0.454 e. The van der Waals surface area contributed by atoms with E-state index in [-0.39, 0.29) is 11.7 Å². The maximum atomic E-state index is 12.4. The Balaban J connectivity index is 1.38. The SMILES string of the molecule is Cc1ccc(Cn2cnc(NC(=O)c3ccc(Cn4nc(C)cc4C)o3)n2)cc1. The van der Waals surface area contributed by atoms with Gasteiger partial charge >= 0.3 is 0 Å². The van der Waals surface area contributed by atoms with Crippen molar-refractivity contribution in [3.63, 3.8) is 0 Å². The highest BCUT2D eigenvalue weighted by atomic mass is 16.4. The fraction of sp³-hybridized carbons (Fsp3) is 0.238. The molecule has 0 saturated carbocycles. The molecule has 8 nitrogen and oxygen atoms in total. The van der Waals surface area contributed by atoms with E-state index in [2.05, 4.69) is 32.6 Å². The van der Waals surface area contributed by atoms with Crippen molar-refractivity contribution in [3.8, 4) is 0 Å². The number of benzene rings is 1. The maximum absolute atomic E-state index is 12.4. The van der Waals surface area contributed by atoms with Gasteiger partial charge in [0.25, 0.3) is 5.91 Å². The van der Waals surface area contributed by atoms with Crippen LogP contribution in [0, 0.1) is 20.8 Å². The Kier molecular flexibility index (Phi) is 4.99. The minimum absolute atomic E-state index is 0.205. The van der Waals surface area contributed by atoms with E-state index in [4.69, 9.17) is 4.42 Å². The molecule has 0 fully saturated rings. The van der Waals surface area contributed by atoms with Gasteiger partial charge in [0.1, 0.15) is 12.1 Å². The van der Waals surface area contributed by atoms with Crippen molar-refractivity contribution in [2.24, 2.45) is 0 Å². The third-order valence-corrected chi connectivity index (χ3v) is 4.52. The molecule has 1 amide bonds. The summed E-state index contributed by atoms with van der Waals surface area (Å²) in [5.74, 6) is 0.701. The molecule has 29 heavy (non-hydrogen) atoms. The lowest BCUT2D eigenvalue weighted by molar-refractivity contribution is 0.0993. The molecular weight excluding hydrogens is 368 g/mol. The zero-order valence-corrected chi connectivity index (χ0v) is 16.6. The van der Waals surface area contributed by atoms with E-state index >= 15 is 0 Å². The second-order valence-electron chi connectivity index (χ2n) is 7.06. The zero-order chi connectivity index (χ0) is 20.4. The average Bonchev–Trinajstić information content (AvgIpc) is 3.39. The molecule has 0 radical (unpaired) electrons. The van der Waals surface area contributed by atoms with Crippen molar-refractivity contribution < 1.29 is 9.21 Å². The monoisotopic (exact) mass is 390 g/mol. The quantitative estimate of drug-likeness (QED) is 0.545. The molecule has 1 N–H and O–H groups in total. The van der Waals surface area contributed by atoms with E-state index in [1.54, 1.807) is 23.1 Å². The van der Waals surface area contributed by atoms with Gasteiger partial charge < -0.3 is 4.42 Å². The number of rotatable bonds is 6. The summed E-state index contributed by atoms with van der Waals surface area (Å²) < 4.78 is 9.18. The van der Waals surface area contributed by atoms with Gasteiger partial charge in [0, 0.05) is 5.69 Å². The molecule has 0 unspecified atom stereocenters. The topological polar surface area (TPSA) is 90.8 Å². The first-order chi connectivity index (χ1) is 14.0. The summed E-state index contributed by atoms with van der Waals surface area (Å²) in [6.07, 6.45) is 1.59. The number of anilines is 1. The van der Waals surface area contributed by atoms with E-state index in [1.807, 2.05) is 43.7 Å². The second kappa shape index (κ2) is 7.75. The van der Waals surface area contributed by atoms with Crippen LogP contribution in [0.25, 0.3) is 0 Å². The van der Waals surface area contributed by atoms with E-state index in [0.29, 0.717) is 18.8 Å². The van der Waals surface area contributed by atoms with Gasteiger partial charge in [-0.05, 0) is 44.5 Å². The van der Waals surface area contributed by atoms with Crippen molar-refractivity contribution in [1.29, 1.82) is 0 Å². The summed E-state index contributed by atoms with van der Waals surface area (Å²) in [5.41, 5.74) is 4.29. The Morgan fingerprint density at radius 1 is 1.03 bits per heavy atom. The number of nitrogens with zero attached hydrogens (tertiary/aromatic N) is 5. The molecule has 4 aromatic rings. The van der Waals surface area contributed by atoms with Crippen molar-refractivity contribution >= 4 is 11.9 Å². The molecule has 0 aliphatic heterocycles. The molecular formula is C21H22N6O2. The van der Waals surface area contributed by atoms with Crippen LogP contribution in [0.15, 0.2) is 53.2 Å². The zero-order valence-electron chi connectivity index (χ0n) is 16.6. The highest BCUT2D eigenvalue weighted by Crippen LogP contribution is 2.13. The molecule has 3 heterocycles. The van der Waals surface area contributed by atoms with Crippen LogP contribution in [-0.2, 0) is 13.1 Å². The van der Waals surface area contributed by atoms with Crippen molar-refractivity contribution in [3.05, 3.63) is 82.8 Å². The average molecular weight is 390 g/mol. The van der Waals surface area contributed by atoms with Crippen LogP contribution in [0.5, 0.6) is 0 Å². The van der Waals surface area contributed by atoms with Crippen LogP contribution in [0.4, 0.5) is 5.95 Å². The molecule has 0 bridgehead atoms. The molecule has 0 saturated heterocycles. The number of hydrogen-bond donors (Lipinski definition) is 1. The fourth-order valence-electron chi connectivity index (χ4n) is 3.04. The van der Waals surface area contributed by atoms with Crippen LogP contribution in [0.3, 0.4) is 0 Å². The summed E-state index contributed by atoms with van der Waals surface area (Å²) >= 11 is 0. The summed E-state index contributed by atoms with van der Waals surface area (Å²) in [4.78, 5) is 16.6. The normalized spacial score (nSPS) is 11.0. The van der Waals surface area contributed by atoms with Crippen molar-refractivity contribution in [2.45, 2.75) is 33.9 Å². The third kappa shape index (κ3) is 4.43. The smallest absolute Gasteiger partial charge is 0.293 e. The predicted octanol–water partition coefficient (Wildman–Crippen LogP) is 3.34. The molecule has 0 spiro atoms. The Bertz CT molecular complexity index is 1140. The summed E-state index contributed by atoms with van der Waals surface area (Å²) in [5, 5.41) is 11.4. The van der Waals surface area contributed by atoms with Gasteiger partial charge in [-0.25, -0.2) is 9.67 Å². The van der Waals surface area contributed by atoms with E-state index in [1.165, 1.54) is 5.56 Å². The number of furan rings is 1. The number of aryl methyl sites for hydroxylation is 3. The lowest BCUT2D eigenvalue weighted by atomic mass is 10.1. The van der Waals surface area contributed by atoms with E-state index in [9.17, 15) is 4.79 Å². The second-order valence-corrected chi connectivity index (χ2v) is 7.06. The van der Waals surface area contributed by atoms with Crippen LogP contribution < -0.4 is 5.32 Å². The Morgan fingerprint density at radius 3 is 2.55 bits per heavy atom. The highest BCUT2D eigenvalue weighted by molar-refractivity contribution is 6.01. The van der Waals surface area contributed by atoms with Crippen LogP contribution in [0.2, 0.25) is 0 Å². The fourth-order valence-corrected chi connectivity index (χ4v) is 3.04. The molecule has 0 atom stereocenters. The van der Waals surface area contributed by atoms with Gasteiger partial charge in [0.05, 0.1) is 18.8 Å². The van der Waals surface area contributed by atoms with Crippen molar-refractivity contribution in [1.82, 2.24) is 24.5 Å². The number of aromatic nitrogens is 5. The summed E-state index contributed by atoms with van der Waals surface area (Å²) in [6.45, 7) is 7.02. The van der Waals surface area contributed by atoms with Crippen LogP contribution >= 0.6 is 0 Å². The number of amides is 1. The molecule has 0 aliphatic carbocycles. The summed E-state index contributed by atoms with van der Waals surface area (Å²) in [6, 6.07) is 13.6. The molecule has 4 rings (SSSR count). The van der Waals surface area contributed by atoms with Crippen LogP contribution in [-0.4, -0.2) is 30.5 Å². The van der Waals surface area contributed by atoms with E-state index < -0.39 is 5.91 Å². The number of nitrogens with one attached hydrogen (secondary N) is 1. The largest absolute Gasteiger partial charge is 0.454 e. The maximum Gasteiger partial charge on any atom is 0.293 e. The first kappa shape index (κ1) is 18.7. The minimum atomic E-state index is -0.391. The Morgan fingerprint density at radius 2 is 1.83 bits per heavy atom. The first-order valence-electron chi connectivity index (χ1n) is 9.32. The van der Waals surface area contributed by atoms with Gasteiger partial charge in [-0.1, -0.05) is 29.8 Å². The van der Waals surface area contributed by atoms with Crippen molar-refractivity contribution in [2.75, 3.05) is 5.32 Å². The third-order valence-electron chi connectivity index (χ3n) is 4.52. The molecule has 8 heteroatoms. The van der Waals surface area contributed by atoms with Gasteiger partial charge in [0.2, 0.25) is 5.95 Å². The van der Waals surface area contributed by atoms with E-state index in [0.717, 1.165) is 17.0 Å². The molecule has 1 aromatic carbocycles. The Labute approximate surface area is 168 Å². The van der Waals surface area contributed by atoms with Crippen LogP contribution in [0.1, 0.15) is 38.8 Å². The van der Waals surface area contributed by atoms with Gasteiger partial charge in [-0.2, -0.15) is 5.10 Å². The number of carbonyl (C=O) groups excluding carboxylic acids is 1. The molecule has 0 aliphatic rings. The van der Waals surface area contributed by atoms with Gasteiger partial charge in [0.15, 0.2) is 5.76 Å². The first-order valence-corrected chi connectivity index (χ1v) is 9.32. The predicted molar refractivity (Wildman–Crippen MR) is 108 cm³/mol. The standard InChI is InChI=1S/C21H22N6O2/c1-14-4-6-17(7-5-14)11-26-13-22-21(25-26)23-20(28)19-9-8-18(29-19)12-27-16(3)10-15(2)24-27/h4-10,13H,11-12H2,1-3H3,(H,23,25,28). The highest BCUT2D eigenvalue weighted by Gasteiger charge is 2.14. The number of hydrogen-bond acceptors (Lipinski definition) is 5. The lowest BCUT2D eigenvalue weighted by Crippen LogP contribution is -2.12. The molecule has 3 aromatic heterocycles. The molecule has 148 valence electrons. The summed E-state index contributed by atoms with van der Waals surface area (Å²) in [7, 11) is 0. The lowest BCUT2D eigenvalue weighted by Gasteiger charge is -2.02. The number of carbonyl (C=O) groups is 1. The van der Waals surface area contributed by atoms with Gasteiger partial charge in [-0.3, -0.25) is 14.8 Å².